The molecule has 0 aliphatic rings. The summed E-state index contributed by atoms with van der Waals surface area (Å²) in [5, 5.41) is 0. The van der Waals surface area contributed by atoms with E-state index in [2.05, 4.69) is 20.9 Å². The molecule has 0 spiro atoms. The third-order valence-corrected chi connectivity index (χ3v) is 2.62. The first-order valence-electron chi connectivity index (χ1n) is 4.11. The number of carbonyl (C=O) groups is 1. The highest BCUT2D eigenvalue weighted by atomic mass is 127. The van der Waals surface area contributed by atoms with Crippen LogP contribution in [0.25, 0.3) is 0 Å². The van der Waals surface area contributed by atoms with E-state index in [4.69, 9.17) is 0 Å². The number of carbonyl (C=O) groups excluding carboxylic acids is 1. The molecule has 0 N–H and O–H groups in total. The predicted molar refractivity (Wildman–Crippen MR) is 64.5 cm³/mol. The van der Waals surface area contributed by atoms with Gasteiger partial charge in [-0.1, -0.05) is 6.07 Å². The molecule has 0 aliphatic heterocycles. The highest BCUT2D eigenvalue weighted by molar-refractivity contribution is 14.1. The largest absolute Gasteiger partial charge is 0.297 e. The average Bonchev–Trinajstić information content (AvgIpc) is 2.13. The number of aromatic nitrogens is 1. The number of rotatable bonds is 4. The molecular formula is C9H7BrF2INO. The van der Waals surface area contributed by atoms with Crippen LogP contribution < -0.4 is 0 Å². The van der Waals surface area contributed by atoms with Crippen molar-refractivity contribution in [3.63, 3.8) is 0 Å². The summed E-state index contributed by atoms with van der Waals surface area (Å²) in [5.74, 6) is -0.368. The Balaban J connectivity index is 2.62. The van der Waals surface area contributed by atoms with Crippen LogP contribution >= 0.6 is 38.5 Å². The number of hydrogen-bond donors (Lipinski definition) is 0. The molecule has 15 heavy (non-hydrogen) atoms. The standard InChI is InChI=1S/C9H7BrF2INO/c10-8-3-1-2-6(14-8)7(15)4-5-9(11,12)13/h1-3H,4-5H2. The summed E-state index contributed by atoms with van der Waals surface area (Å²) in [6.07, 6.45) is -0.653. The number of ketones is 1. The van der Waals surface area contributed by atoms with E-state index in [1.54, 1.807) is 12.1 Å². The number of halogens is 4. The Bertz CT molecular complexity index is 367. The fourth-order valence-electron chi connectivity index (χ4n) is 0.947. The molecule has 82 valence electrons. The molecule has 1 heterocycles. The SMILES string of the molecule is O=C(CCC(F)(F)I)c1cccc(Br)n1. The normalized spacial score (nSPS) is 11.5. The highest BCUT2D eigenvalue weighted by Crippen LogP contribution is 2.28. The number of pyridine rings is 1. The number of hydrogen-bond acceptors (Lipinski definition) is 2. The van der Waals surface area contributed by atoms with Crippen LogP contribution in [0.2, 0.25) is 0 Å². The van der Waals surface area contributed by atoms with Gasteiger partial charge in [-0.2, -0.15) is 8.78 Å². The molecule has 1 aromatic heterocycles. The van der Waals surface area contributed by atoms with Crippen LogP contribution in [-0.2, 0) is 0 Å². The van der Waals surface area contributed by atoms with Crippen molar-refractivity contribution in [2.45, 2.75) is 16.8 Å². The summed E-state index contributed by atoms with van der Waals surface area (Å²) < 4.78 is 22.7. The third kappa shape index (κ3) is 4.96. The van der Waals surface area contributed by atoms with Gasteiger partial charge >= 0.3 is 0 Å². The van der Waals surface area contributed by atoms with E-state index in [1.165, 1.54) is 6.07 Å². The molecule has 0 bridgehead atoms. The Morgan fingerprint density at radius 3 is 2.73 bits per heavy atom. The summed E-state index contributed by atoms with van der Waals surface area (Å²) in [6.45, 7) is 0. The lowest BCUT2D eigenvalue weighted by Gasteiger charge is -2.06. The molecule has 0 unspecified atom stereocenters. The van der Waals surface area contributed by atoms with Crippen molar-refractivity contribution < 1.29 is 13.6 Å². The number of Topliss-reactive ketones (excluding diaryl/α,β-unsaturated/α-hetero) is 1. The quantitative estimate of drug-likeness (QED) is 0.339. The van der Waals surface area contributed by atoms with Crippen molar-refractivity contribution in [3.8, 4) is 0 Å². The fraction of sp³-hybridized carbons (Fsp3) is 0.333. The third-order valence-electron chi connectivity index (χ3n) is 1.64. The van der Waals surface area contributed by atoms with Crippen molar-refractivity contribution in [2.75, 3.05) is 0 Å². The monoisotopic (exact) mass is 389 g/mol. The van der Waals surface area contributed by atoms with Crippen LogP contribution in [0.1, 0.15) is 23.3 Å². The minimum atomic E-state index is -2.83. The van der Waals surface area contributed by atoms with Gasteiger partial charge in [-0.05, 0) is 50.7 Å². The van der Waals surface area contributed by atoms with Crippen molar-refractivity contribution in [2.24, 2.45) is 0 Å². The second-order valence-corrected chi connectivity index (χ2v) is 5.27. The van der Waals surface area contributed by atoms with E-state index in [0.717, 1.165) is 22.6 Å². The van der Waals surface area contributed by atoms with Crippen LogP contribution in [0.4, 0.5) is 8.78 Å². The second-order valence-electron chi connectivity index (χ2n) is 2.88. The maximum Gasteiger partial charge on any atom is 0.297 e. The molecule has 1 aromatic rings. The van der Waals surface area contributed by atoms with Crippen LogP contribution in [-0.4, -0.2) is 14.7 Å². The van der Waals surface area contributed by atoms with E-state index in [0.29, 0.717) is 4.60 Å². The Kier molecular flexibility index (Phi) is 4.57. The van der Waals surface area contributed by atoms with Gasteiger partial charge in [0.2, 0.25) is 0 Å². The minimum absolute atomic E-state index is 0.195. The first-order chi connectivity index (χ1) is 6.88. The van der Waals surface area contributed by atoms with Gasteiger partial charge < -0.3 is 0 Å². The maximum atomic E-state index is 12.5. The molecule has 0 saturated heterocycles. The average molecular weight is 390 g/mol. The molecule has 0 radical (unpaired) electrons. The Morgan fingerprint density at radius 1 is 1.53 bits per heavy atom. The van der Waals surface area contributed by atoms with Gasteiger partial charge in [0.1, 0.15) is 10.3 Å². The van der Waals surface area contributed by atoms with E-state index >= 15 is 0 Å². The van der Waals surface area contributed by atoms with Gasteiger partial charge in [0.15, 0.2) is 5.78 Å². The summed E-state index contributed by atoms with van der Waals surface area (Å²) >= 11 is 4.13. The van der Waals surface area contributed by atoms with Crippen molar-refractivity contribution in [3.05, 3.63) is 28.5 Å². The lowest BCUT2D eigenvalue weighted by molar-refractivity contribution is 0.0863. The van der Waals surface area contributed by atoms with E-state index in [9.17, 15) is 13.6 Å². The molecular weight excluding hydrogens is 383 g/mol. The molecule has 0 atom stereocenters. The van der Waals surface area contributed by atoms with Gasteiger partial charge in [0.05, 0.1) is 0 Å². The van der Waals surface area contributed by atoms with Crippen molar-refractivity contribution in [1.82, 2.24) is 4.98 Å². The fourth-order valence-corrected chi connectivity index (χ4v) is 1.56. The maximum absolute atomic E-state index is 12.5. The summed E-state index contributed by atoms with van der Waals surface area (Å²) in [6, 6.07) is 4.83. The van der Waals surface area contributed by atoms with Gasteiger partial charge in [-0.15, -0.1) is 0 Å². The van der Waals surface area contributed by atoms with Gasteiger partial charge in [-0.25, -0.2) is 4.98 Å². The molecule has 2 nitrogen and oxygen atoms in total. The van der Waals surface area contributed by atoms with Crippen LogP contribution in [0.15, 0.2) is 22.8 Å². The van der Waals surface area contributed by atoms with E-state index < -0.39 is 10.4 Å². The number of nitrogens with zero attached hydrogens (tertiary/aromatic N) is 1. The first kappa shape index (κ1) is 13.0. The summed E-state index contributed by atoms with van der Waals surface area (Å²) in [4.78, 5) is 15.3. The van der Waals surface area contributed by atoms with Gasteiger partial charge in [-0.3, -0.25) is 4.79 Å². The smallest absolute Gasteiger partial charge is 0.292 e. The number of alkyl halides is 3. The molecule has 0 amide bonds. The van der Waals surface area contributed by atoms with Crippen LogP contribution in [0.5, 0.6) is 0 Å². The zero-order valence-electron chi connectivity index (χ0n) is 7.51. The zero-order valence-corrected chi connectivity index (χ0v) is 11.3. The first-order valence-corrected chi connectivity index (χ1v) is 5.98. The minimum Gasteiger partial charge on any atom is -0.292 e. The summed E-state index contributed by atoms with van der Waals surface area (Å²) in [5.41, 5.74) is 0.213. The predicted octanol–water partition coefficient (Wildman–Crippen LogP) is 3.83. The second kappa shape index (κ2) is 5.29. The molecule has 0 aliphatic carbocycles. The van der Waals surface area contributed by atoms with E-state index in [-0.39, 0.29) is 17.9 Å². The summed E-state index contributed by atoms with van der Waals surface area (Å²) in [7, 11) is 0. The molecule has 1 rings (SSSR count). The zero-order chi connectivity index (χ0) is 11.5. The molecule has 6 heteroatoms. The Morgan fingerprint density at radius 2 is 2.20 bits per heavy atom. The molecule has 0 aromatic carbocycles. The van der Waals surface area contributed by atoms with Gasteiger partial charge in [0.25, 0.3) is 3.93 Å². The molecule has 0 saturated carbocycles. The highest BCUT2D eigenvalue weighted by Gasteiger charge is 2.25. The Labute approximate surface area is 108 Å². The topological polar surface area (TPSA) is 30.0 Å². The lowest BCUT2D eigenvalue weighted by Crippen LogP contribution is -2.10. The molecule has 0 fully saturated rings. The van der Waals surface area contributed by atoms with Crippen molar-refractivity contribution in [1.29, 1.82) is 0 Å². The van der Waals surface area contributed by atoms with Gasteiger partial charge in [0, 0.05) is 12.8 Å². The lowest BCUT2D eigenvalue weighted by atomic mass is 10.1. The van der Waals surface area contributed by atoms with Crippen LogP contribution in [0, 0.1) is 0 Å². The van der Waals surface area contributed by atoms with E-state index in [1.807, 2.05) is 0 Å². The van der Waals surface area contributed by atoms with Crippen LogP contribution in [0.3, 0.4) is 0 Å². The Hall–Kier alpha value is -0.110. The van der Waals surface area contributed by atoms with Crippen molar-refractivity contribution >= 4 is 44.3 Å².